The highest BCUT2D eigenvalue weighted by Gasteiger charge is 1.97. The van der Waals surface area contributed by atoms with Crippen molar-refractivity contribution in [1.82, 2.24) is 9.78 Å². The summed E-state index contributed by atoms with van der Waals surface area (Å²) in [5, 5.41) is 4.08. The molecule has 0 saturated heterocycles. The van der Waals surface area contributed by atoms with Crippen molar-refractivity contribution in [2.45, 2.75) is 13.2 Å². The lowest BCUT2D eigenvalue weighted by molar-refractivity contribution is 0.111. The number of nitrogens with zero attached hydrogens (tertiary/aromatic N) is 2. The first-order chi connectivity index (χ1) is 8.78. The molecule has 2 N–H and O–H groups in total. The Labute approximate surface area is 106 Å². The third-order valence-corrected chi connectivity index (χ3v) is 2.55. The van der Waals surface area contributed by atoms with Crippen LogP contribution in [-0.4, -0.2) is 23.5 Å². The quantitative estimate of drug-likeness (QED) is 0.789. The molecule has 2 aromatic rings. The van der Waals surface area contributed by atoms with E-state index in [0.29, 0.717) is 25.4 Å². The van der Waals surface area contributed by atoms with Crippen LogP contribution in [0.2, 0.25) is 0 Å². The number of benzene rings is 1. The third-order valence-electron chi connectivity index (χ3n) is 2.55. The molecular weight excluding hydrogens is 230 g/mol. The Bertz CT molecular complexity index is 479. The lowest BCUT2D eigenvalue weighted by atomic mass is 10.2. The molecule has 0 amide bonds. The lowest BCUT2D eigenvalue weighted by Crippen LogP contribution is -2.06. The van der Waals surface area contributed by atoms with Crippen molar-refractivity contribution in [3.05, 3.63) is 42.2 Å². The number of nitrogens with two attached hydrogens (primary N) is 1. The Morgan fingerprint density at radius 2 is 2.06 bits per heavy atom. The molecule has 0 saturated carbocycles. The standard InChI is InChI=1S/C13H17N3O2/c1-17-13-4-2-11(3-5-13)10-18-7-6-16-9-12(14)8-15-16/h2-5,8-9H,6-7,10,14H2,1H3. The van der Waals surface area contributed by atoms with Crippen LogP contribution >= 0.6 is 0 Å². The van der Waals surface area contributed by atoms with Gasteiger partial charge in [-0.2, -0.15) is 5.10 Å². The smallest absolute Gasteiger partial charge is 0.118 e. The monoisotopic (exact) mass is 247 g/mol. The number of ether oxygens (including phenoxy) is 2. The number of hydrogen-bond donors (Lipinski definition) is 1. The minimum atomic E-state index is 0.584. The Kier molecular flexibility index (Phi) is 4.20. The van der Waals surface area contributed by atoms with Crippen LogP contribution in [0.4, 0.5) is 5.69 Å². The van der Waals surface area contributed by atoms with E-state index in [4.69, 9.17) is 15.2 Å². The molecule has 1 aromatic carbocycles. The molecule has 2 rings (SSSR count). The summed E-state index contributed by atoms with van der Waals surface area (Å²) in [6.45, 7) is 1.89. The maximum absolute atomic E-state index is 5.57. The molecule has 96 valence electrons. The van der Waals surface area contributed by atoms with Crippen molar-refractivity contribution in [3.8, 4) is 5.75 Å². The largest absolute Gasteiger partial charge is 0.497 e. The summed E-state index contributed by atoms with van der Waals surface area (Å²) in [4.78, 5) is 0. The van der Waals surface area contributed by atoms with E-state index in [0.717, 1.165) is 11.3 Å². The molecule has 0 aliphatic carbocycles. The van der Waals surface area contributed by atoms with Crippen LogP contribution in [0.5, 0.6) is 5.75 Å². The summed E-state index contributed by atoms with van der Waals surface area (Å²) < 4.78 is 12.4. The van der Waals surface area contributed by atoms with Gasteiger partial charge in [-0.25, -0.2) is 0 Å². The first kappa shape index (κ1) is 12.4. The highest BCUT2D eigenvalue weighted by atomic mass is 16.5. The van der Waals surface area contributed by atoms with E-state index in [1.165, 1.54) is 0 Å². The predicted octanol–water partition coefficient (Wildman–Crippen LogP) is 1.69. The van der Waals surface area contributed by atoms with Gasteiger partial charge in [0, 0.05) is 6.20 Å². The van der Waals surface area contributed by atoms with Gasteiger partial charge in [-0.15, -0.1) is 0 Å². The first-order valence-electron chi connectivity index (χ1n) is 5.76. The van der Waals surface area contributed by atoms with Crippen molar-refractivity contribution in [2.75, 3.05) is 19.5 Å². The molecule has 0 bridgehead atoms. The Morgan fingerprint density at radius 3 is 2.67 bits per heavy atom. The van der Waals surface area contributed by atoms with Crippen molar-refractivity contribution in [1.29, 1.82) is 0 Å². The molecule has 0 fully saturated rings. The molecule has 0 spiro atoms. The summed E-state index contributed by atoms with van der Waals surface area (Å²) in [5.74, 6) is 0.853. The summed E-state index contributed by atoms with van der Waals surface area (Å²) in [6, 6.07) is 7.83. The van der Waals surface area contributed by atoms with E-state index < -0.39 is 0 Å². The molecule has 1 heterocycles. The van der Waals surface area contributed by atoms with Gasteiger partial charge in [-0.05, 0) is 17.7 Å². The zero-order chi connectivity index (χ0) is 12.8. The van der Waals surface area contributed by atoms with Crippen molar-refractivity contribution in [2.24, 2.45) is 0 Å². The van der Waals surface area contributed by atoms with Crippen LogP contribution in [0.3, 0.4) is 0 Å². The Hall–Kier alpha value is -2.01. The molecule has 0 radical (unpaired) electrons. The summed E-state index contributed by atoms with van der Waals surface area (Å²) in [5.41, 5.74) is 7.36. The van der Waals surface area contributed by atoms with Gasteiger partial charge in [0.05, 0.1) is 38.8 Å². The Balaban J connectivity index is 1.71. The SMILES string of the molecule is COc1ccc(COCCn2cc(N)cn2)cc1. The number of nitrogen functional groups attached to an aromatic ring is 1. The fourth-order valence-corrected chi connectivity index (χ4v) is 1.57. The maximum atomic E-state index is 5.57. The molecule has 5 nitrogen and oxygen atoms in total. The first-order valence-corrected chi connectivity index (χ1v) is 5.76. The summed E-state index contributed by atoms with van der Waals surface area (Å²) in [6.07, 6.45) is 3.42. The average Bonchev–Trinajstić information content (AvgIpc) is 2.81. The summed E-state index contributed by atoms with van der Waals surface area (Å²) >= 11 is 0. The number of aromatic nitrogens is 2. The third kappa shape index (κ3) is 3.49. The van der Waals surface area contributed by atoms with Gasteiger partial charge in [0.25, 0.3) is 0 Å². The fraction of sp³-hybridized carbons (Fsp3) is 0.308. The Morgan fingerprint density at radius 1 is 1.28 bits per heavy atom. The molecule has 18 heavy (non-hydrogen) atoms. The maximum Gasteiger partial charge on any atom is 0.118 e. The average molecular weight is 247 g/mol. The second kappa shape index (κ2) is 6.07. The zero-order valence-electron chi connectivity index (χ0n) is 10.4. The van der Waals surface area contributed by atoms with Gasteiger partial charge in [0.2, 0.25) is 0 Å². The molecule has 0 aliphatic rings. The fourth-order valence-electron chi connectivity index (χ4n) is 1.57. The molecule has 1 aromatic heterocycles. The molecule has 0 unspecified atom stereocenters. The molecule has 0 aliphatic heterocycles. The minimum absolute atomic E-state index is 0.584. The van der Waals surface area contributed by atoms with E-state index in [9.17, 15) is 0 Å². The molecule has 5 heteroatoms. The number of methoxy groups -OCH3 is 1. The van der Waals surface area contributed by atoms with Gasteiger partial charge in [0.15, 0.2) is 0 Å². The van der Waals surface area contributed by atoms with Crippen LogP contribution in [0.25, 0.3) is 0 Å². The van der Waals surface area contributed by atoms with Gasteiger partial charge in [-0.1, -0.05) is 12.1 Å². The van der Waals surface area contributed by atoms with Crippen LogP contribution in [0.1, 0.15) is 5.56 Å². The topological polar surface area (TPSA) is 62.3 Å². The van der Waals surface area contributed by atoms with E-state index in [1.54, 1.807) is 24.2 Å². The number of hydrogen-bond acceptors (Lipinski definition) is 4. The van der Waals surface area contributed by atoms with Crippen LogP contribution in [-0.2, 0) is 17.9 Å². The normalized spacial score (nSPS) is 10.5. The lowest BCUT2D eigenvalue weighted by Gasteiger charge is -2.05. The van der Waals surface area contributed by atoms with E-state index in [2.05, 4.69) is 5.10 Å². The predicted molar refractivity (Wildman–Crippen MR) is 69.3 cm³/mol. The van der Waals surface area contributed by atoms with Gasteiger partial charge < -0.3 is 15.2 Å². The van der Waals surface area contributed by atoms with E-state index in [-0.39, 0.29) is 0 Å². The van der Waals surface area contributed by atoms with Crippen LogP contribution in [0.15, 0.2) is 36.7 Å². The van der Waals surface area contributed by atoms with E-state index in [1.807, 2.05) is 24.3 Å². The van der Waals surface area contributed by atoms with Crippen LogP contribution < -0.4 is 10.5 Å². The van der Waals surface area contributed by atoms with Gasteiger partial charge >= 0.3 is 0 Å². The van der Waals surface area contributed by atoms with Gasteiger partial charge in [-0.3, -0.25) is 4.68 Å². The second-order valence-electron chi connectivity index (χ2n) is 3.94. The zero-order valence-corrected chi connectivity index (χ0v) is 10.4. The van der Waals surface area contributed by atoms with Crippen LogP contribution in [0, 0.1) is 0 Å². The van der Waals surface area contributed by atoms with E-state index >= 15 is 0 Å². The highest BCUT2D eigenvalue weighted by Crippen LogP contribution is 2.11. The van der Waals surface area contributed by atoms with Crippen molar-refractivity contribution < 1.29 is 9.47 Å². The number of anilines is 1. The second-order valence-corrected chi connectivity index (χ2v) is 3.94. The van der Waals surface area contributed by atoms with Gasteiger partial charge in [0.1, 0.15) is 5.75 Å². The highest BCUT2D eigenvalue weighted by molar-refractivity contribution is 5.30. The molecule has 0 atom stereocenters. The summed E-state index contributed by atoms with van der Waals surface area (Å²) in [7, 11) is 1.65. The number of rotatable bonds is 6. The minimum Gasteiger partial charge on any atom is -0.497 e. The van der Waals surface area contributed by atoms with Crippen molar-refractivity contribution in [3.63, 3.8) is 0 Å². The van der Waals surface area contributed by atoms with Crippen molar-refractivity contribution >= 4 is 5.69 Å². The molecular formula is C13H17N3O2.